The maximum absolute atomic E-state index is 10.9. The lowest BCUT2D eigenvalue weighted by atomic mass is 9.67. The predicted molar refractivity (Wildman–Crippen MR) is 250 cm³/mol. The van der Waals surface area contributed by atoms with E-state index in [-0.39, 0.29) is 10.8 Å². The number of hydrogen-bond donors (Lipinski definition) is 2. The van der Waals surface area contributed by atoms with Crippen LogP contribution in [0.2, 0.25) is 0 Å². The number of fused-ring (bicyclic) bond motifs is 10. The molecule has 0 spiro atoms. The van der Waals surface area contributed by atoms with Crippen molar-refractivity contribution in [1.82, 2.24) is 20.6 Å². The van der Waals surface area contributed by atoms with Crippen molar-refractivity contribution in [3.05, 3.63) is 46.5 Å². The van der Waals surface area contributed by atoms with E-state index in [1.165, 1.54) is 79.2 Å². The Morgan fingerprint density at radius 3 is 1.29 bits per heavy atom. The van der Waals surface area contributed by atoms with Crippen LogP contribution in [0, 0.1) is 0 Å². The summed E-state index contributed by atoms with van der Waals surface area (Å²) in [5.74, 6) is 0. The molecule has 0 amide bonds. The summed E-state index contributed by atoms with van der Waals surface area (Å²) in [4.78, 5) is 0. The fourth-order valence-corrected chi connectivity index (χ4v) is 11.4. The lowest BCUT2D eigenvalue weighted by molar-refractivity contribution is 0.00578. The Labute approximate surface area is 369 Å². The van der Waals surface area contributed by atoms with Crippen molar-refractivity contribution in [3.63, 3.8) is 0 Å². The Kier molecular flexibility index (Phi) is 13.2. The van der Waals surface area contributed by atoms with Gasteiger partial charge in [-0.25, -0.2) is 9.26 Å². The molecule has 1 saturated heterocycles. The first-order valence-corrected chi connectivity index (χ1v) is 24.4. The van der Waals surface area contributed by atoms with Crippen LogP contribution in [-0.4, -0.2) is 56.1 Å². The molecule has 2 aromatic heterocycles. The molecule has 0 bridgehead atoms. The van der Waals surface area contributed by atoms with E-state index in [9.17, 15) is 10.0 Å². The van der Waals surface area contributed by atoms with E-state index >= 15 is 0 Å². The molecule has 62 heavy (non-hydrogen) atoms. The summed E-state index contributed by atoms with van der Waals surface area (Å²) in [6.45, 7) is 17.5. The molecule has 12 heteroatoms. The lowest BCUT2D eigenvalue weighted by Crippen LogP contribution is -2.41. The predicted octanol–water partition coefficient (Wildman–Crippen LogP) is 11.2. The van der Waals surface area contributed by atoms with Crippen LogP contribution >= 0.6 is 0 Å². The third-order valence-electron chi connectivity index (χ3n) is 15.5. The molecule has 8 rings (SSSR count). The van der Waals surface area contributed by atoms with Gasteiger partial charge in [0.25, 0.3) is 0 Å². The largest absolute Gasteiger partial charge is 0.497 e. The van der Waals surface area contributed by atoms with Crippen molar-refractivity contribution in [2.75, 3.05) is 0 Å². The summed E-state index contributed by atoms with van der Waals surface area (Å²) in [6.07, 6.45) is 22.2. The second-order valence-electron chi connectivity index (χ2n) is 20.0. The highest BCUT2D eigenvalue weighted by Crippen LogP contribution is 2.62. The fourth-order valence-electron chi connectivity index (χ4n) is 11.4. The van der Waals surface area contributed by atoms with Gasteiger partial charge in [0.2, 0.25) is 0 Å². The highest BCUT2D eigenvalue weighted by molar-refractivity contribution is 6.65. The topological polar surface area (TPSA) is 137 Å². The van der Waals surface area contributed by atoms with Gasteiger partial charge in [0, 0.05) is 32.9 Å². The minimum absolute atomic E-state index is 0.317. The minimum Gasteiger partial charge on any atom is -0.423 e. The number of unbranched alkanes of at least 4 members (excludes halogenated alkanes) is 12. The number of benzene rings is 3. The monoisotopic (exact) mass is 845 g/mol. The summed E-state index contributed by atoms with van der Waals surface area (Å²) in [5, 5.41) is 40.0. The van der Waals surface area contributed by atoms with Crippen molar-refractivity contribution in [2.45, 2.75) is 206 Å². The summed E-state index contributed by atoms with van der Waals surface area (Å²) >= 11 is 0. The van der Waals surface area contributed by atoms with Gasteiger partial charge in [0.1, 0.15) is 22.1 Å². The maximum Gasteiger partial charge on any atom is 0.497 e. The van der Waals surface area contributed by atoms with E-state index in [0.29, 0.717) is 22.0 Å². The zero-order valence-corrected chi connectivity index (χ0v) is 38.9. The molecule has 3 aromatic carbocycles. The molecule has 0 saturated carbocycles. The zero-order valence-electron chi connectivity index (χ0n) is 38.9. The van der Waals surface area contributed by atoms with Gasteiger partial charge in [-0.2, -0.15) is 0 Å². The Hall–Kier alpha value is -3.57. The molecule has 1 fully saturated rings. The quantitative estimate of drug-likeness (QED) is 0.0512. The van der Waals surface area contributed by atoms with Crippen molar-refractivity contribution < 1.29 is 28.6 Å². The van der Waals surface area contributed by atoms with E-state index in [4.69, 9.17) is 23.7 Å². The third-order valence-corrected chi connectivity index (χ3v) is 15.5. The average Bonchev–Trinajstić information content (AvgIpc) is 4.06. The molecule has 0 radical (unpaired) electrons. The van der Waals surface area contributed by atoms with Gasteiger partial charge < -0.3 is 19.4 Å². The molecule has 3 heterocycles. The van der Waals surface area contributed by atoms with Crippen LogP contribution in [0.4, 0.5) is 0 Å². The van der Waals surface area contributed by atoms with Crippen LogP contribution in [0.25, 0.3) is 44.3 Å². The summed E-state index contributed by atoms with van der Waals surface area (Å²) in [6, 6.07) is 9.42. The second-order valence-corrected chi connectivity index (χ2v) is 20.0. The zero-order chi connectivity index (χ0) is 43.9. The van der Waals surface area contributed by atoms with Crippen LogP contribution in [0.5, 0.6) is 0 Å². The third kappa shape index (κ3) is 7.56. The second kappa shape index (κ2) is 18.1. The highest BCUT2D eigenvalue weighted by atomic mass is 16.7. The molecule has 5 aromatic rings. The summed E-state index contributed by atoms with van der Waals surface area (Å²) in [7, 11) is -2.33. The van der Waals surface area contributed by atoms with Gasteiger partial charge in [-0.05, 0) is 109 Å². The molecule has 2 aliphatic carbocycles. The molecular weight excluding hydrogens is 774 g/mol. The van der Waals surface area contributed by atoms with E-state index in [0.717, 1.165) is 105 Å². The average molecular weight is 845 g/mol. The number of nitrogens with zero attached hydrogens (tertiary/aromatic N) is 4. The number of hydrogen-bond acceptors (Lipinski definition) is 10. The molecule has 0 unspecified atom stereocenters. The molecule has 2 N–H and O–H groups in total. The van der Waals surface area contributed by atoms with Crippen LogP contribution in [0.15, 0.2) is 33.5 Å². The van der Waals surface area contributed by atoms with Gasteiger partial charge in [0.05, 0.1) is 11.2 Å². The first-order chi connectivity index (χ1) is 29.9. The van der Waals surface area contributed by atoms with Gasteiger partial charge in [-0.1, -0.05) is 153 Å². The Morgan fingerprint density at radius 2 is 0.871 bits per heavy atom. The fraction of sp³-hybridized carbons (Fsp3) is 0.640. The van der Waals surface area contributed by atoms with Crippen molar-refractivity contribution in [2.24, 2.45) is 0 Å². The van der Waals surface area contributed by atoms with Gasteiger partial charge in [-0.15, -0.1) is 0 Å². The standard InChI is InChI=1S/C50H70B2N4O6/c1-9-13-17-21-25-49(26-22-18-14-10-2)35-30-34-36(29-33(35)41-37(49)31-39(51(57)58)43-45(41)55-61-53-43)50(27-23-19-15-11-3,28-24-20-16-12-4)38-32-40(44-46(42(34)38)56-62-54-44)52-59-47(5,6)48(7,8)60-52/h29-32,57-58H,9-28H2,1-8H3. The normalized spacial score (nSPS) is 17.5. The SMILES string of the molecule is CCCCCCC1(CCCCCC)c2cc3c(cc2-c2c1cc(B(O)O)c1nonc21)C(CCCCCC)(CCCCCC)c1cc(B2OC(C)(C)C(C)(C)O2)c2nonc2c1-3. The lowest BCUT2D eigenvalue weighted by Gasteiger charge is -2.35. The molecule has 1 aliphatic heterocycles. The van der Waals surface area contributed by atoms with Gasteiger partial charge in [-0.3, -0.25) is 0 Å². The van der Waals surface area contributed by atoms with Crippen molar-refractivity contribution in [1.29, 1.82) is 0 Å². The van der Waals surface area contributed by atoms with Crippen molar-refractivity contribution in [3.8, 4) is 22.3 Å². The number of aromatic nitrogens is 4. The minimum atomic E-state index is -1.71. The van der Waals surface area contributed by atoms with Crippen LogP contribution in [0.3, 0.4) is 0 Å². The van der Waals surface area contributed by atoms with E-state index < -0.39 is 25.4 Å². The molecule has 3 aliphatic rings. The first kappa shape index (κ1) is 45.0. The van der Waals surface area contributed by atoms with Crippen LogP contribution < -0.4 is 10.9 Å². The Bertz CT molecular complexity index is 2330. The van der Waals surface area contributed by atoms with Gasteiger partial charge >= 0.3 is 14.2 Å². The molecule has 0 atom stereocenters. The van der Waals surface area contributed by atoms with E-state index in [2.05, 4.69) is 89.1 Å². The van der Waals surface area contributed by atoms with E-state index in [1.807, 2.05) is 6.07 Å². The molecular formula is C50H70B2N4O6. The molecule has 332 valence electrons. The van der Waals surface area contributed by atoms with Crippen LogP contribution in [0.1, 0.15) is 206 Å². The summed E-state index contributed by atoms with van der Waals surface area (Å²) in [5.41, 5.74) is 11.5. The van der Waals surface area contributed by atoms with E-state index in [1.54, 1.807) is 0 Å². The number of rotatable bonds is 22. The van der Waals surface area contributed by atoms with Crippen LogP contribution in [-0.2, 0) is 20.1 Å². The van der Waals surface area contributed by atoms with Crippen molar-refractivity contribution >= 4 is 47.2 Å². The molecule has 10 nitrogen and oxygen atoms in total. The Morgan fingerprint density at radius 1 is 0.484 bits per heavy atom. The maximum atomic E-state index is 10.9. The Balaban J connectivity index is 1.43. The highest BCUT2D eigenvalue weighted by Gasteiger charge is 2.55. The van der Waals surface area contributed by atoms with Gasteiger partial charge in [0.15, 0.2) is 0 Å². The first-order valence-electron chi connectivity index (χ1n) is 24.4. The smallest absolute Gasteiger partial charge is 0.423 e. The summed E-state index contributed by atoms with van der Waals surface area (Å²) < 4.78 is 24.8.